The van der Waals surface area contributed by atoms with Crippen molar-refractivity contribution in [1.29, 1.82) is 0 Å². The first-order chi connectivity index (χ1) is 11.9. The first kappa shape index (κ1) is 18.7. The van der Waals surface area contributed by atoms with Gasteiger partial charge in [-0.25, -0.2) is 0 Å². The molecule has 0 saturated heterocycles. The fraction of sp³-hybridized carbons (Fsp3) is 0.421. The van der Waals surface area contributed by atoms with E-state index >= 15 is 0 Å². The number of hydrogen-bond acceptors (Lipinski definition) is 5. The summed E-state index contributed by atoms with van der Waals surface area (Å²) >= 11 is 0. The molecule has 1 N–H and O–H groups in total. The molecule has 25 heavy (non-hydrogen) atoms. The molecule has 0 radical (unpaired) electrons. The van der Waals surface area contributed by atoms with Crippen LogP contribution in [0.15, 0.2) is 42.5 Å². The second kappa shape index (κ2) is 7.96. The summed E-state index contributed by atoms with van der Waals surface area (Å²) in [6.07, 6.45) is 4.25. The molecule has 1 saturated carbocycles. The molecule has 0 aromatic heterocycles. The molecule has 2 rings (SSSR count). The van der Waals surface area contributed by atoms with Crippen LogP contribution < -0.4 is 0 Å². The number of rotatable bonds is 8. The lowest BCUT2D eigenvalue weighted by molar-refractivity contribution is -0.169. The van der Waals surface area contributed by atoms with Crippen LogP contribution in [-0.2, 0) is 30.3 Å². The summed E-state index contributed by atoms with van der Waals surface area (Å²) in [4.78, 5) is 35.8. The molecule has 134 valence electrons. The quantitative estimate of drug-likeness (QED) is 0.441. The molecule has 6 nitrogen and oxygen atoms in total. The number of carboxylic acids is 1. The van der Waals surface area contributed by atoms with Gasteiger partial charge in [-0.15, -0.1) is 0 Å². The van der Waals surface area contributed by atoms with Crippen molar-refractivity contribution in [3.8, 4) is 0 Å². The lowest BCUT2D eigenvalue weighted by Crippen LogP contribution is -2.43. The highest BCUT2D eigenvalue weighted by Crippen LogP contribution is 2.40. The van der Waals surface area contributed by atoms with Crippen molar-refractivity contribution in [2.45, 2.75) is 19.3 Å². The molecule has 6 heteroatoms. The summed E-state index contributed by atoms with van der Waals surface area (Å²) in [6.45, 7) is 0. The number of allylic oxidation sites excluding steroid dienone is 2. The minimum absolute atomic E-state index is 0.0535. The molecule has 1 aliphatic carbocycles. The molecule has 1 aliphatic rings. The summed E-state index contributed by atoms with van der Waals surface area (Å²) in [5.74, 6) is -2.60. The third-order valence-corrected chi connectivity index (χ3v) is 4.51. The zero-order valence-corrected chi connectivity index (χ0v) is 14.3. The second-order valence-electron chi connectivity index (χ2n) is 6.20. The van der Waals surface area contributed by atoms with Gasteiger partial charge in [0.2, 0.25) is 0 Å². The molecule has 1 fully saturated rings. The fourth-order valence-corrected chi connectivity index (χ4v) is 2.96. The maximum absolute atomic E-state index is 12.5. The third-order valence-electron chi connectivity index (χ3n) is 4.51. The Morgan fingerprint density at radius 1 is 1.16 bits per heavy atom. The van der Waals surface area contributed by atoms with Gasteiger partial charge >= 0.3 is 17.9 Å². The van der Waals surface area contributed by atoms with Gasteiger partial charge in [-0.2, -0.15) is 0 Å². The summed E-state index contributed by atoms with van der Waals surface area (Å²) in [6, 6.07) is 9.15. The number of benzene rings is 1. The zero-order chi connectivity index (χ0) is 18.4. The molecule has 0 spiro atoms. The Morgan fingerprint density at radius 2 is 1.76 bits per heavy atom. The third kappa shape index (κ3) is 4.26. The number of hydrogen-bond donors (Lipinski definition) is 1. The lowest BCUT2D eigenvalue weighted by Gasteiger charge is -2.27. The predicted octanol–water partition coefficient (Wildman–Crippen LogP) is 2.23. The van der Waals surface area contributed by atoms with E-state index in [1.165, 1.54) is 14.2 Å². The molecular formula is C19H22O6. The maximum atomic E-state index is 12.5. The van der Waals surface area contributed by atoms with E-state index in [9.17, 15) is 14.4 Å². The van der Waals surface area contributed by atoms with Gasteiger partial charge in [0.05, 0.1) is 20.1 Å². The number of ether oxygens (including phenoxy) is 2. The van der Waals surface area contributed by atoms with Crippen LogP contribution in [-0.4, -0.2) is 37.2 Å². The van der Waals surface area contributed by atoms with Crippen molar-refractivity contribution in [3.63, 3.8) is 0 Å². The van der Waals surface area contributed by atoms with Crippen LogP contribution in [0.2, 0.25) is 0 Å². The Kier molecular flexibility index (Phi) is 5.96. The smallest absolute Gasteiger partial charge is 0.323 e. The summed E-state index contributed by atoms with van der Waals surface area (Å²) in [5, 5.41) is 8.95. The predicted molar refractivity (Wildman–Crippen MR) is 89.6 cm³/mol. The molecular weight excluding hydrogens is 324 g/mol. The topological polar surface area (TPSA) is 89.9 Å². The van der Waals surface area contributed by atoms with E-state index in [2.05, 4.69) is 0 Å². The molecule has 0 bridgehead atoms. The van der Waals surface area contributed by atoms with Gasteiger partial charge in [0.1, 0.15) is 0 Å². The summed E-state index contributed by atoms with van der Waals surface area (Å²) in [7, 11) is 2.46. The minimum atomic E-state index is -1.49. The van der Waals surface area contributed by atoms with Gasteiger partial charge in [0, 0.05) is 0 Å². The van der Waals surface area contributed by atoms with Crippen LogP contribution in [0.3, 0.4) is 0 Å². The Hall–Kier alpha value is -2.63. The average Bonchev–Trinajstić information content (AvgIpc) is 3.40. The molecule has 1 aromatic rings. The van der Waals surface area contributed by atoms with Crippen molar-refractivity contribution in [2.24, 2.45) is 17.3 Å². The minimum Gasteiger partial charge on any atom is -0.481 e. The van der Waals surface area contributed by atoms with Crippen molar-refractivity contribution in [3.05, 3.63) is 48.0 Å². The van der Waals surface area contributed by atoms with Crippen molar-refractivity contribution in [2.75, 3.05) is 14.2 Å². The summed E-state index contributed by atoms with van der Waals surface area (Å²) in [5.41, 5.74) is -0.684. The van der Waals surface area contributed by atoms with E-state index in [4.69, 9.17) is 14.6 Å². The average molecular weight is 346 g/mol. The summed E-state index contributed by atoms with van der Waals surface area (Å²) < 4.78 is 9.75. The van der Waals surface area contributed by atoms with Crippen LogP contribution in [0, 0.1) is 17.3 Å². The van der Waals surface area contributed by atoms with E-state index in [1.54, 1.807) is 12.2 Å². The Bertz CT molecular complexity index is 648. The van der Waals surface area contributed by atoms with Crippen LogP contribution in [0.25, 0.3) is 0 Å². The number of carboxylic acid groups (broad SMARTS) is 1. The Labute approximate surface area is 146 Å². The van der Waals surface area contributed by atoms with E-state index in [-0.39, 0.29) is 24.7 Å². The van der Waals surface area contributed by atoms with Crippen LogP contribution in [0.5, 0.6) is 0 Å². The fourth-order valence-electron chi connectivity index (χ4n) is 2.96. The van der Waals surface area contributed by atoms with E-state index < -0.39 is 23.3 Å². The van der Waals surface area contributed by atoms with Gasteiger partial charge < -0.3 is 14.6 Å². The van der Waals surface area contributed by atoms with Gasteiger partial charge in [-0.1, -0.05) is 42.5 Å². The van der Waals surface area contributed by atoms with Crippen molar-refractivity contribution >= 4 is 17.9 Å². The highest BCUT2D eigenvalue weighted by molar-refractivity contribution is 6.00. The zero-order valence-electron chi connectivity index (χ0n) is 14.3. The highest BCUT2D eigenvalue weighted by atomic mass is 16.5. The largest absolute Gasteiger partial charge is 0.481 e. The molecule has 2 atom stereocenters. The lowest BCUT2D eigenvalue weighted by atomic mass is 9.78. The van der Waals surface area contributed by atoms with E-state index in [0.717, 1.165) is 5.56 Å². The van der Waals surface area contributed by atoms with Crippen LogP contribution in [0.1, 0.15) is 18.4 Å². The maximum Gasteiger partial charge on any atom is 0.323 e. The number of carbonyl (C=O) groups is 3. The monoisotopic (exact) mass is 346 g/mol. The number of aliphatic carboxylic acids is 1. The van der Waals surface area contributed by atoms with Gasteiger partial charge in [-0.05, 0) is 30.7 Å². The number of methoxy groups -OCH3 is 2. The highest BCUT2D eigenvalue weighted by Gasteiger charge is 2.48. The molecule has 0 heterocycles. The molecule has 1 aromatic carbocycles. The first-order valence-corrected chi connectivity index (χ1v) is 8.05. The van der Waals surface area contributed by atoms with E-state index in [0.29, 0.717) is 6.42 Å². The van der Waals surface area contributed by atoms with Crippen molar-refractivity contribution < 1.29 is 29.0 Å². The SMILES string of the molecule is COC(=O)C(C/C=C/[C@H]1C[C@H]1C(=O)O)(Cc1ccccc1)C(=O)OC. The van der Waals surface area contributed by atoms with Crippen LogP contribution >= 0.6 is 0 Å². The number of carbonyl (C=O) groups excluding carboxylic acids is 2. The normalized spacial score (nSPS) is 19.4. The van der Waals surface area contributed by atoms with E-state index in [1.807, 2.05) is 30.3 Å². The Morgan fingerprint density at radius 3 is 2.24 bits per heavy atom. The number of esters is 2. The Balaban J connectivity index is 2.23. The molecule has 0 unspecified atom stereocenters. The van der Waals surface area contributed by atoms with Crippen molar-refractivity contribution in [1.82, 2.24) is 0 Å². The van der Waals surface area contributed by atoms with Gasteiger partial charge in [0.25, 0.3) is 0 Å². The standard InChI is InChI=1S/C19H22O6/c1-24-17(22)19(18(23)25-2,12-13-7-4-3-5-8-13)10-6-9-14-11-15(14)16(20)21/h3-9,14-15H,10-12H2,1-2H3,(H,20,21)/b9-6+/t14-,15+/m0/s1. The second-order valence-corrected chi connectivity index (χ2v) is 6.20. The van der Waals surface area contributed by atoms with Gasteiger partial charge in [0.15, 0.2) is 5.41 Å². The van der Waals surface area contributed by atoms with Gasteiger partial charge in [-0.3, -0.25) is 14.4 Å². The molecule has 0 aliphatic heterocycles. The first-order valence-electron chi connectivity index (χ1n) is 8.05. The molecule has 0 amide bonds. The van der Waals surface area contributed by atoms with Crippen LogP contribution in [0.4, 0.5) is 0 Å².